The smallest absolute Gasteiger partial charge is 0.335 e. The molecule has 0 radical (unpaired) electrons. The number of nitrogens with one attached hydrogen (secondary N) is 2. The second-order valence-corrected chi connectivity index (χ2v) is 6.37. The predicted octanol–water partition coefficient (Wildman–Crippen LogP) is 3.90. The number of carboxylic acids is 1. The summed E-state index contributed by atoms with van der Waals surface area (Å²) in [6.45, 7) is 0. The first-order chi connectivity index (χ1) is 9.45. The third kappa shape index (κ3) is 3.69. The van der Waals surface area contributed by atoms with Gasteiger partial charge in [-0.2, -0.15) is 0 Å². The molecule has 1 aromatic heterocycles. The molecule has 104 valence electrons. The lowest BCUT2D eigenvalue weighted by molar-refractivity contribution is 0.0697. The van der Waals surface area contributed by atoms with Crippen molar-refractivity contribution in [2.75, 3.05) is 10.6 Å². The van der Waals surface area contributed by atoms with Gasteiger partial charge in [-0.25, -0.2) is 14.6 Å². The first-order valence-electron chi connectivity index (χ1n) is 5.18. The molecule has 20 heavy (non-hydrogen) atoms. The first kappa shape index (κ1) is 14.8. The number of carbonyl (C=O) groups excluding carboxylic acids is 1. The van der Waals surface area contributed by atoms with Crippen LogP contribution in [0.4, 0.5) is 15.6 Å². The van der Waals surface area contributed by atoms with Gasteiger partial charge in [-0.15, -0.1) is 0 Å². The Labute approximate surface area is 130 Å². The van der Waals surface area contributed by atoms with Crippen LogP contribution in [0.25, 0.3) is 0 Å². The zero-order valence-corrected chi connectivity index (χ0v) is 12.8. The van der Waals surface area contributed by atoms with Crippen LogP contribution >= 0.6 is 38.9 Å². The summed E-state index contributed by atoms with van der Waals surface area (Å²) in [6, 6.07) is 3.48. The summed E-state index contributed by atoms with van der Waals surface area (Å²) < 4.78 is 0.777. The van der Waals surface area contributed by atoms with Crippen LogP contribution in [0.5, 0.6) is 0 Å². The van der Waals surface area contributed by atoms with Crippen molar-refractivity contribution in [2.45, 2.75) is 0 Å². The maximum atomic E-state index is 11.7. The van der Waals surface area contributed by atoms with Crippen molar-refractivity contribution in [3.8, 4) is 0 Å². The molecule has 0 aliphatic heterocycles. The van der Waals surface area contributed by atoms with Gasteiger partial charge in [-0.1, -0.05) is 22.9 Å². The number of hydrogen-bond acceptors (Lipinski definition) is 4. The van der Waals surface area contributed by atoms with E-state index in [0.29, 0.717) is 5.13 Å². The van der Waals surface area contributed by atoms with Gasteiger partial charge in [0.1, 0.15) is 0 Å². The summed E-state index contributed by atoms with van der Waals surface area (Å²) in [5.41, 5.74) is 0.237. The normalized spacial score (nSPS) is 10.1. The topological polar surface area (TPSA) is 91.3 Å². The molecule has 1 aromatic carbocycles. The minimum absolute atomic E-state index is 0.0293. The molecule has 0 unspecified atom stereocenters. The Morgan fingerprint density at radius 1 is 1.35 bits per heavy atom. The molecular weight excluding hydrogens is 370 g/mol. The Bertz CT molecular complexity index is 677. The summed E-state index contributed by atoms with van der Waals surface area (Å²) in [7, 11) is 0. The number of carbonyl (C=O) groups is 2. The van der Waals surface area contributed by atoms with Crippen LogP contribution in [0, 0.1) is 0 Å². The largest absolute Gasteiger partial charge is 0.478 e. The quantitative estimate of drug-likeness (QED) is 0.757. The van der Waals surface area contributed by atoms with Gasteiger partial charge in [0.25, 0.3) is 0 Å². The van der Waals surface area contributed by atoms with Crippen molar-refractivity contribution in [3.63, 3.8) is 0 Å². The van der Waals surface area contributed by atoms with E-state index < -0.39 is 12.0 Å². The molecule has 3 N–H and O–H groups in total. The van der Waals surface area contributed by atoms with Crippen molar-refractivity contribution < 1.29 is 14.7 Å². The van der Waals surface area contributed by atoms with Gasteiger partial charge in [0.2, 0.25) is 0 Å². The lowest BCUT2D eigenvalue weighted by Crippen LogP contribution is -2.19. The molecule has 9 heteroatoms. The predicted molar refractivity (Wildman–Crippen MR) is 80.9 cm³/mol. The number of anilines is 2. The lowest BCUT2D eigenvalue weighted by Gasteiger charge is -2.08. The van der Waals surface area contributed by atoms with E-state index in [4.69, 9.17) is 16.7 Å². The molecule has 0 saturated heterocycles. The molecular formula is C11H7BrClN3O3S. The number of carboxylic acid groups (broad SMARTS) is 1. The average Bonchev–Trinajstić information content (AvgIpc) is 2.77. The van der Waals surface area contributed by atoms with Crippen molar-refractivity contribution in [2.24, 2.45) is 0 Å². The monoisotopic (exact) mass is 375 g/mol. The van der Waals surface area contributed by atoms with Crippen LogP contribution in [-0.4, -0.2) is 22.1 Å². The standard InChI is InChI=1S/C11H7BrClN3O3S/c12-8-4-14-11(20-8)16-10(19)15-7-3-5(9(17)18)1-2-6(7)13/h1-4H,(H,17,18)(H2,14,15,16,19). The fourth-order valence-corrected chi connectivity index (χ4v) is 2.58. The highest BCUT2D eigenvalue weighted by atomic mass is 79.9. The fraction of sp³-hybridized carbons (Fsp3) is 0. The molecule has 0 spiro atoms. The van der Waals surface area contributed by atoms with Crippen LogP contribution < -0.4 is 10.6 Å². The molecule has 0 saturated carbocycles. The van der Waals surface area contributed by atoms with Gasteiger partial charge in [0, 0.05) is 0 Å². The molecule has 0 atom stereocenters. The number of benzene rings is 1. The van der Waals surface area contributed by atoms with Crippen LogP contribution in [0.1, 0.15) is 10.4 Å². The molecule has 0 aliphatic carbocycles. The second kappa shape index (κ2) is 6.21. The summed E-state index contributed by atoms with van der Waals surface area (Å²) >= 11 is 10.4. The van der Waals surface area contributed by atoms with Gasteiger partial charge in [0.05, 0.1) is 26.3 Å². The molecule has 2 aromatic rings. The van der Waals surface area contributed by atoms with Crippen molar-refractivity contribution in [3.05, 3.63) is 38.8 Å². The van der Waals surface area contributed by atoms with E-state index in [2.05, 4.69) is 31.5 Å². The molecule has 0 aliphatic rings. The van der Waals surface area contributed by atoms with Gasteiger partial charge < -0.3 is 10.4 Å². The Morgan fingerprint density at radius 3 is 2.70 bits per heavy atom. The van der Waals surface area contributed by atoms with E-state index in [-0.39, 0.29) is 16.3 Å². The van der Waals surface area contributed by atoms with Crippen LogP contribution in [-0.2, 0) is 0 Å². The maximum Gasteiger partial charge on any atom is 0.335 e. The fourth-order valence-electron chi connectivity index (χ4n) is 1.32. The van der Waals surface area contributed by atoms with Crippen LogP contribution in [0.3, 0.4) is 0 Å². The van der Waals surface area contributed by atoms with Crippen LogP contribution in [0.15, 0.2) is 28.2 Å². The zero-order chi connectivity index (χ0) is 14.7. The highest BCUT2D eigenvalue weighted by molar-refractivity contribution is 9.11. The first-order valence-corrected chi connectivity index (χ1v) is 7.16. The average molecular weight is 377 g/mol. The van der Waals surface area contributed by atoms with E-state index in [1.54, 1.807) is 6.20 Å². The van der Waals surface area contributed by atoms with Crippen molar-refractivity contribution in [1.29, 1.82) is 0 Å². The molecule has 1 heterocycles. The molecule has 2 amide bonds. The number of hydrogen-bond donors (Lipinski definition) is 3. The summed E-state index contributed by atoms with van der Waals surface area (Å²) in [5, 5.41) is 14.5. The maximum absolute atomic E-state index is 11.7. The number of rotatable bonds is 3. The van der Waals surface area contributed by atoms with Crippen LogP contribution in [0.2, 0.25) is 5.02 Å². The molecule has 6 nitrogen and oxygen atoms in total. The third-order valence-corrected chi connectivity index (χ3v) is 3.88. The van der Waals surface area contributed by atoms with Crippen molar-refractivity contribution in [1.82, 2.24) is 4.98 Å². The number of amides is 2. The minimum atomic E-state index is -1.10. The van der Waals surface area contributed by atoms with E-state index >= 15 is 0 Å². The van der Waals surface area contributed by atoms with E-state index in [9.17, 15) is 9.59 Å². The minimum Gasteiger partial charge on any atom is -0.478 e. The van der Waals surface area contributed by atoms with Gasteiger partial charge in [0.15, 0.2) is 5.13 Å². The summed E-state index contributed by atoms with van der Waals surface area (Å²) in [6.07, 6.45) is 1.55. The Morgan fingerprint density at radius 2 is 2.10 bits per heavy atom. The lowest BCUT2D eigenvalue weighted by atomic mass is 10.2. The second-order valence-electron chi connectivity index (χ2n) is 3.55. The third-order valence-electron chi connectivity index (χ3n) is 2.16. The Kier molecular flexibility index (Phi) is 4.58. The number of thiazole rings is 1. The summed E-state index contributed by atoms with van der Waals surface area (Å²) in [4.78, 5) is 26.5. The van der Waals surface area contributed by atoms with E-state index in [0.717, 1.165) is 3.79 Å². The number of urea groups is 1. The number of nitrogens with zero attached hydrogens (tertiary/aromatic N) is 1. The van der Waals surface area contributed by atoms with Gasteiger partial charge >= 0.3 is 12.0 Å². The number of aromatic nitrogens is 1. The van der Waals surface area contributed by atoms with E-state index in [1.165, 1.54) is 29.5 Å². The molecule has 0 fully saturated rings. The van der Waals surface area contributed by atoms with Crippen molar-refractivity contribution >= 4 is 61.7 Å². The highest BCUT2D eigenvalue weighted by Crippen LogP contribution is 2.25. The zero-order valence-electron chi connectivity index (χ0n) is 9.68. The van der Waals surface area contributed by atoms with E-state index in [1.807, 2.05) is 0 Å². The highest BCUT2D eigenvalue weighted by Gasteiger charge is 2.11. The SMILES string of the molecule is O=C(Nc1ncc(Br)s1)Nc1cc(C(=O)O)ccc1Cl. The Hall–Kier alpha value is -1.64. The molecule has 0 bridgehead atoms. The van der Waals surface area contributed by atoms with Gasteiger partial charge in [-0.05, 0) is 34.1 Å². The summed E-state index contributed by atoms with van der Waals surface area (Å²) in [5.74, 6) is -1.10. The Balaban J connectivity index is 2.11. The number of aromatic carboxylic acids is 1. The molecule has 2 rings (SSSR count). The van der Waals surface area contributed by atoms with Gasteiger partial charge in [-0.3, -0.25) is 5.32 Å². The number of halogens is 2.